The molecule has 0 saturated heterocycles. The molecule has 0 aliphatic carbocycles. The van der Waals surface area contributed by atoms with E-state index in [0.29, 0.717) is 41.0 Å². The number of amides is 2. The average molecular weight is 667 g/mol. The highest BCUT2D eigenvalue weighted by molar-refractivity contribution is 7.99. The minimum Gasteiger partial charge on any atom is -0.497 e. The molecule has 47 heavy (non-hydrogen) atoms. The molecule has 2 amide bonds. The van der Waals surface area contributed by atoms with E-state index in [1.54, 1.807) is 34.5 Å². The number of thioether (sulfide) groups is 1. The number of carbonyl (C=O) groups excluding carboxylic acids is 2. The van der Waals surface area contributed by atoms with E-state index in [9.17, 15) is 9.59 Å². The van der Waals surface area contributed by atoms with Gasteiger partial charge in [-0.1, -0.05) is 78.0 Å². The number of aromatic nitrogens is 3. The van der Waals surface area contributed by atoms with Gasteiger partial charge >= 0.3 is 0 Å². The van der Waals surface area contributed by atoms with Crippen LogP contribution < -0.4 is 14.8 Å². The SMILES string of the molecule is COc1cc(OC)cc(C(=O)NCc2nnc(SCC(=O)N3N=C(c4cccs4)CC3c3ccc(C)cc3)n2Cc2ccccc2)c1. The molecule has 1 N–H and O–H groups in total. The molecule has 1 aliphatic rings. The number of ether oxygens (including phenoxy) is 2. The topological polar surface area (TPSA) is 111 Å². The van der Waals surface area contributed by atoms with Gasteiger partial charge in [-0.3, -0.25) is 9.59 Å². The molecule has 1 aliphatic heterocycles. The molecular weight excluding hydrogens is 633 g/mol. The van der Waals surface area contributed by atoms with Crippen LogP contribution in [0.25, 0.3) is 0 Å². The molecule has 10 nitrogen and oxygen atoms in total. The molecule has 2 aromatic heterocycles. The second-order valence-corrected chi connectivity index (χ2v) is 12.8. The molecule has 6 rings (SSSR count). The molecule has 0 fully saturated rings. The Morgan fingerprint density at radius 1 is 0.957 bits per heavy atom. The number of thiophene rings is 1. The van der Waals surface area contributed by atoms with Crippen LogP contribution in [0.2, 0.25) is 0 Å². The lowest BCUT2D eigenvalue weighted by Crippen LogP contribution is -2.28. The Bertz CT molecular complexity index is 1850. The number of nitrogens with one attached hydrogen (secondary N) is 1. The zero-order valence-corrected chi connectivity index (χ0v) is 27.9. The number of hydrogen-bond donors (Lipinski definition) is 1. The Hall–Kier alpha value is -4.94. The summed E-state index contributed by atoms with van der Waals surface area (Å²) in [7, 11) is 3.07. The third-order valence-corrected chi connectivity index (χ3v) is 9.63. The Kier molecular flexibility index (Phi) is 9.98. The molecule has 3 heterocycles. The lowest BCUT2D eigenvalue weighted by Gasteiger charge is -2.22. The number of nitrogens with zero attached hydrogens (tertiary/aromatic N) is 5. The van der Waals surface area contributed by atoms with Gasteiger partial charge in [0.15, 0.2) is 11.0 Å². The number of carbonyl (C=O) groups is 2. The van der Waals surface area contributed by atoms with Crippen molar-refractivity contribution in [3.05, 3.63) is 123 Å². The van der Waals surface area contributed by atoms with Crippen LogP contribution in [0.5, 0.6) is 11.5 Å². The zero-order valence-electron chi connectivity index (χ0n) is 26.3. The van der Waals surface area contributed by atoms with E-state index >= 15 is 0 Å². The summed E-state index contributed by atoms with van der Waals surface area (Å²) in [4.78, 5) is 28.0. The lowest BCUT2D eigenvalue weighted by molar-refractivity contribution is -0.130. The second-order valence-electron chi connectivity index (χ2n) is 10.9. The van der Waals surface area contributed by atoms with Crippen LogP contribution in [-0.2, 0) is 17.9 Å². The lowest BCUT2D eigenvalue weighted by atomic mass is 10.00. The van der Waals surface area contributed by atoms with Crippen LogP contribution in [0, 0.1) is 6.92 Å². The molecule has 0 spiro atoms. The van der Waals surface area contributed by atoms with Crippen LogP contribution >= 0.6 is 23.1 Å². The molecular formula is C35H34N6O4S2. The van der Waals surface area contributed by atoms with Crippen molar-refractivity contribution in [3.63, 3.8) is 0 Å². The van der Waals surface area contributed by atoms with Gasteiger partial charge in [-0.2, -0.15) is 5.10 Å². The summed E-state index contributed by atoms with van der Waals surface area (Å²) in [6.07, 6.45) is 0.646. The van der Waals surface area contributed by atoms with Crippen molar-refractivity contribution in [2.45, 2.75) is 37.6 Å². The summed E-state index contributed by atoms with van der Waals surface area (Å²) in [5.41, 5.74) is 4.54. The molecule has 240 valence electrons. The van der Waals surface area contributed by atoms with Crippen molar-refractivity contribution in [1.82, 2.24) is 25.1 Å². The zero-order chi connectivity index (χ0) is 32.8. The van der Waals surface area contributed by atoms with Crippen molar-refractivity contribution in [2.24, 2.45) is 5.10 Å². The number of aryl methyl sites for hydroxylation is 1. The van der Waals surface area contributed by atoms with Crippen molar-refractivity contribution < 1.29 is 19.1 Å². The summed E-state index contributed by atoms with van der Waals surface area (Å²) in [6.45, 7) is 2.65. The molecule has 0 radical (unpaired) electrons. The summed E-state index contributed by atoms with van der Waals surface area (Å²) in [6, 6.07) is 27.0. The Morgan fingerprint density at radius 2 is 1.70 bits per heavy atom. The van der Waals surface area contributed by atoms with Gasteiger partial charge in [0.2, 0.25) is 0 Å². The predicted molar refractivity (Wildman–Crippen MR) is 183 cm³/mol. The maximum absolute atomic E-state index is 13.8. The highest BCUT2D eigenvalue weighted by Gasteiger charge is 2.33. The second kappa shape index (κ2) is 14.7. The first-order chi connectivity index (χ1) is 22.9. The van der Waals surface area contributed by atoms with Gasteiger partial charge in [0.25, 0.3) is 11.8 Å². The smallest absolute Gasteiger partial charge is 0.253 e. The number of hydrogen-bond acceptors (Lipinski definition) is 9. The largest absolute Gasteiger partial charge is 0.497 e. The van der Waals surface area contributed by atoms with Gasteiger partial charge in [0.05, 0.1) is 49.7 Å². The quantitative estimate of drug-likeness (QED) is 0.160. The van der Waals surface area contributed by atoms with Gasteiger partial charge in [-0.25, -0.2) is 5.01 Å². The first-order valence-electron chi connectivity index (χ1n) is 15.0. The molecule has 5 aromatic rings. The first-order valence-corrected chi connectivity index (χ1v) is 16.9. The van der Waals surface area contributed by atoms with Crippen LogP contribution in [0.1, 0.15) is 50.2 Å². The minimum atomic E-state index is -0.309. The van der Waals surface area contributed by atoms with Crippen LogP contribution in [-0.4, -0.2) is 57.3 Å². The summed E-state index contributed by atoms with van der Waals surface area (Å²) >= 11 is 2.93. The number of methoxy groups -OCH3 is 2. The first kappa shape index (κ1) is 32.0. The normalized spacial score (nSPS) is 14.1. The van der Waals surface area contributed by atoms with Crippen molar-refractivity contribution in [2.75, 3.05) is 20.0 Å². The van der Waals surface area contributed by atoms with E-state index in [2.05, 4.69) is 39.8 Å². The van der Waals surface area contributed by atoms with E-state index < -0.39 is 0 Å². The van der Waals surface area contributed by atoms with E-state index in [4.69, 9.17) is 14.6 Å². The van der Waals surface area contributed by atoms with Gasteiger partial charge in [-0.15, -0.1) is 21.5 Å². The maximum Gasteiger partial charge on any atom is 0.253 e. The predicted octanol–water partition coefficient (Wildman–Crippen LogP) is 6.11. The molecule has 12 heteroatoms. The van der Waals surface area contributed by atoms with Gasteiger partial charge in [0.1, 0.15) is 11.5 Å². The summed E-state index contributed by atoms with van der Waals surface area (Å²) in [5, 5.41) is 20.8. The molecule has 1 unspecified atom stereocenters. The number of hydrazone groups is 1. The van der Waals surface area contributed by atoms with Gasteiger partial charge < -0.3 is 19.4 Å². The monoisotopic (exact) mass is 666 g/mol. The summed E-state index contributed by atoms with van der Waals surface area (Å²) < 4.78 is 12.6. The minimum absolute atomic E-state index is 0.118. The fraction of sp³-hybridized carbons (Fsp3) is 0.229. The van der Waals surface area contributed by atoms with Crippen LogP contribution in [0.3, 0.4) is 0 Å². The van der Waals surface area contributed by atoms with Crippen LogP contribution in [0.4, 0.5) is 0 Å². The fourth-order valence-electron chi connectivity index (χ4n) is 5.25. The van der Waals surface area contributed by atoms with Crippen molar-refractivity contribution in [1.29, 1.82) is 0 Å². The van der Waals surface area contributed by atoms with E-state index in [-0.39, 0.29) is 30.2 Å². The van der Waals surface area contributed by atoms with Crippen molar-refractivity contribution in [3.8, 4) is 11.5 Å². The van der Waals surface area contributed by atoms with Crippen LogP contribution in [0.15, 0.2) is 101 Å². The number of rotatable bonds is 12. The van der Waals surface area contributed by atoms with Gasteiger partial charge in [-0.05, 0) is 41.6 Å². The molecule has 1 atom stereocenters. The standard InChI is InChI=1S/C35H34N6O4S2/c1-23-11-13-25(14-12-23)30-19-29(31-10-7-15-46-31)39-41(30)33(42)22-47-35-38-37-32(40(35)21-24-8-5-4-6-9-24)20-36-34(43)26-16-27(44-2)18-28(17-26)45-3/h4-18,30H,19-22H2,1-3H3,(H,36,43). The molecule has 0 saturated carbocycles. The maximum atomic E-state index is 13.8. The van der Waals surface area contributed by atoms with Crippen molar-refractivity contribution >= 4 is 40.6 Å². The number of benzene rings is 3. The Balaban J connectivity index is 1.21. The van der Waals surface area contributed by atoms with E-state index in [1.165, 1.54) is 26.0 Å². The Labute approximate surface area is 281 Å². The molecule has 3 aromatic carbocycles. The highest BCUT2D eigenvalue weighted by Crippen LogP contribution is 2.35. The average Bonchev–Trinajstić information content (AvgIpc) is 3.88. The molecule has 0 bridgehead atoms. The van der Waals surface area contributed by atoms with E-state index in [0.717, 1.165) is 27.3 Å². The van der Waals surface area contributed by atoms with Gasteiger partial charge in [0, 0.05) is 18.1 Å². The third-order valence-electron chi connectivity index (χ3n) is 7.76. The highest BCUT2D eigenvalue weighted by atomic mass is 32.2. The fourth-order valence-corrected chi connectivity index (χ4v) is 6.78. The Morgan fingerprint density at radius 3 is 2.38 bits per heavy atom. The third kappa shape index (κ3) is 7.55. The summed E-state index contributed by atoms with van der Waals surface area (Å²) in [5.74, 6) is 1.27. The van der Waals surface area contributed by atoms with E-state index in [1.807, 2.05) is 59.3 Å².